The summed E-state index contributed by atoms with van der Waals surface area (Å²) in [5.74, 6) is 0.293. The molecule has 0 bridgehead atoms. The second-order valence-corrected chi connectivity index (χ2v) is 6.74. The molecule has 0 radical (unpaired) electrons. The van der Waals surface area contributed by atoms with E-state index in [9.17, 15) is 18.0 Å². The summed E-state index contributed by atoms with van der Waals surface area (Å²) >= 11 is 0. The van der Waals surface area contributed by atoms with E-state index in [1.165, 1.54) is 19.2 Å². The molecule has 0 saturated heterocycles. The third-order valence-electron chi connectivity index (χ3n) is 4.65. The number of carbonyl (C=O) groups is 1. The van der Waals surface area contributed by atoms with Crippen molar-refractivity contribution in [2.45, 2.75) is 19.0 Å². The van der Waals surface area contributed by atoms with Gasteiger partial charge in [-0.3, -0.25) is 0 Å². The summed E-state index contributed by atoms with van der Waals surface area (Å²) < 4.78 is 48.3. The molecule has 6 heteroatoms. The van der Waals surface area contributed by atoms with Gasteiger partial charge in [-0.2, -0.15) is 13.2 Å². The largest absolute Gasteiger partial charge is 0.494 e. The Labute approximate surface area is 173 Å². The fraction of sp³-hybridized carbons (Fsp3) is 0.208. The third kappa shape index (κ3) is 5.63. The summed E-state index contributed by atoms with van der Waals surface area (Å²) in [6, 6.07) is 19.7. The van der Waals surface area contributed by atoms with Crippen LogP contribution in [0.2, 0.25) is 0 Å². The van der Waals surface area contributed by atoms with Crippen LogP contribution in [0.3, 0.4) is 0 Å². The van der Waals surface area contributed by atoms with Crippen molar-refractivity contribution in [3.8, 4) is 16.9 Å². The second-order valence-electron chi connectivity index (χ2n) is 6.74. The Balaban J connectivity index is 1.48. The minimum Gasteiger partial charge on any atom is -0.494 e. The van der Waals surface area contributed by atoms with Crippen LogP contribution in [0, 0.1) is 0 Å². The molecule has 3 aromatic carbocycles. The number of hydrogen-bond donors (Lipinski definition) is 0. The highest BCUT2D eigenvalue weighted by Gasteiger charge is 2.29. The summed E-state index contributed by atoms with van der Waals surface area (Å²) in [5.41, 5.74) is 2.55. The summed E-state index contributed by atoms with van der Waals surface area (Å²) in [4.78, 5) is 11.4. The first-order chi connectivity index (χ1) is 14.4. The van der Waals surface area contributed by atoms with E-state index in [0.29, 0.717) is 17.9 Å². The SMILES string of the molecule is COC(=O)c1ccc(OCCCc2ccc(-c3ccc(C(F)(F)F)cc3)cc2)cc1. The van der Waals surface area contributed by atoms with E-state index in [2.05, 4.69) is 4.74 Å². The van der Waals surface area contributed by atoms with Crippen LogP contribution in [-0.2, 0) is 17.3 Å². The van der Waals surface area contributed by atoms with Crippen LogP contribution < -0.4 is 4.74 Å². The second kappa shape index (κ2) is 9.48. The normalized spacial score (nSPS) is 11.2. The number of halogens is 3. The Hall–Kier alpha value is -3.28. The molecule has 156 valence electrons. The minimum absolute atomic E-state index is 0.388. The number of ether oxygens (including phenoxy) is 2. The van der Waals surface area contributed by atoms with Crippen molar-refractivity contribution in [1.29, 1.82) is 0 Å². The van der Waals surface area contributed by atoms with Crippen LogP contribution in [0.1, 0.15) is 27.9 Å². The Morgan fingerprint density at radius 1 is 0.833 bits per heavy atom. The van der Waals surface area contributed by atoms with Crippen molar-refractivity contribution in [3.63, 3.8) is 0 Å². The van der Waals surface area contributed by atoms with Crippen molar-refractivity contribution in [3.05, 3.63) is 89.5 Å². The molecule has 0 aliphatic carbocycles. The van der Waals surface area contributed by atoms with Gasteiger partial charge < -0.3 is 9.47 Å². The lowest BCUT2D eigenvalue weighted by Gasteiger charge is -2.09. The smallest absolute Gasteiger partial charge is 0.416 e. The van der Waals surface area contributed by atoms with E-state index < -0.39 is 11.7 Å². The van der Waals surface area contributed by atoms with E-state index in [-0.39, 0.29) is 5.97 Å². The van der Waals surface area contributed by atoms with Crippen LogP contribution in [0.15, 0.2) is 72.8 Å². The third-order valence-corrected chi connectivity index (χ3v) is 4.65. The maximum atomic E-state index is 12.7. The molecular weight excluding hydrogens is 393 g/mol. The van der Waals surface area contributed by atoms with Gasteiger partial charge in [0.25, 0.3) is 0 Å². The molecule has 0 aromatic heterocycles. The van der Waals surface area contributed by atoms with E-state index in [1.54, 1.807) is 24.3 Å². The predicted octanol–water partition coefficient (Wildman–Crippen LogP) is 6.17. The maximum Gasteiger partial charge on any atom is 0.416 e. The Morgan fingerprint density at radius 3 is 1.93 bits per heavy atom. The van der Waals surface area contributed by atoms with Crippen molar-refractivity contribution >= 4 is 5.97 Å². The van der Waals surface area contributed by atoms with Gasteiger partial charge in [-0.15, -0.1) is 0 Å². The molecule has 0 atom stereocenters. The van der Waals surface area contributed by atoms with Crippen LogP contribution in [0.25, 0.3) is 11.1 Å². The number of benzene rings is 3. The molecular formula is C24H21F3O3. The fourth-order valence-electron chi connectivity index (χ4n) is 2.99. The molecule has 0 aliphatic rings. The van der Waals surface area contributed by atoms with E-state index in [4.69, 9.17) is 4.74 Å². The predicted molar refractivity (Wildman–Crippen MR) is 108 cm³/mol. The number of hydrogen-bond acceptors (Lipinski definition) is 3. The number of carbonyl (C=O) groups excluding carboxylic acids is 1. The lowest BCUT2D eigenvalue weighted by Crippen LogP contribution is -2.04. The molecule has 30 heavy (non-hydrogen) atoms. The summed E-state index contributed by atoms with van der Waals surface area (Å²) in [6.07, 6.45) is -2.71. The van der Waals surface area contributed by atoms with Gasteiger partial charge in [-0.05, 0) is 65.9 Å². The standard InChI is InChI=1S/C24H21F3O3/c1-29-23(28)20-10-14-22(15-11-20)30-16-2-3-17-4-6-18(7-5-17)19-8-12-21(13-9-19)24(25,26)27/h4-15H,2-3,16H2,1H3. The summed E-state index contributed by atoms with van der Waals surface area (Å²) in [7, 11) is 1.34. The number of rotatable bonds is 7. The zero-order valence-corrected chi connectivity index (χ0v) is 16.4. The summed E-state index contributed by atoms with van der Waals surface area (Å²) in [5, 5.41) is 0. The molecule has 0 unspecified atom stereocenters. The van der Waals surface area contributed by atoms with Crippen molar-refractivity contribution in [2.75, 3.05) is 13.7 Å². The molecule has 0 heterocycles. The fourth-order valence-corrected chi connectivity index (χ4v) is 2.99. The van der Waals surface area contributed by atoms with Crippen molar-refractivity contribution in [1.82, 2.24) is 0 Å². The molecule has 0 saturated carbocycles. The van der Waals surface area contributed by atoms with Gasteiger partial charge in [0.15, 0.2) is 0 Å². The molecule has 3 rings (SSSR count). The van der Waals surface area contributed by atoms with Gasteiger partial charge in [-0.1, -0.05) is 36.4 Å². The van der Waals surface area contributed by atoms with Gasteiger partial charge in [-0.25, -0.2) is 4.79 Å². The van der Waals surface area contributed by atoms with Gasteiger partial charge in [0.2, 0.25) is 0 Å². The number of esters is 1. The van der Waals surface area contributed by atoms with Crippen molar-refractivity contribution in [2.24, 2.45) is 0 Å². The number of methoxy groups -OCH3 is 1. The topological polar surface area (TPSA) is 35.5 Å². The number of alkyl halides is 3. The lowest BCUT2D eigenvalue weighted by molar-refractivity contribution is -0.137. The first kappa shape index (κ1) is 21.4. The van der Waals surface area contributed by atoms with Crippen molar-refractivity contribution < 1.29 is 27.4 Å². The summed E-state index contributed by atoms with van der Waals surface area (Å²) in [6.45, 7) is 0.526. The average Bonchev–Trinajstić information content (AvgIpc) is 2.76. The van der Waals surface area contributed by atoms with Gasteiger partial charge in [0.05, 0.1) is 24.8 Å². The Morgan fingerprint density at radius 2 is 1.40 bits per heavy atom. The van der Waals surface area contributed by atoms with Crippen LogP contribution in [0.5, 0.6) is 5.75 Å². The maximum absolute atomic E-state index is 12.7. The minimum atomic E-state index is -4.33. The monoisotopic (exact) mass is 414 g/mol. The van der Waals surface area contributed by atoms with E-state index in [0.717, 1.165) is 41.7 Å². The zero-order chi connectivity index (χ0) is 21.6. The first-order valence-electron chi connectivity index (χ1n) is 9.44. The molecule has 0 fully saturated rings. The Kier molecular flexibility index (Phi) is 6.77. The quantitative estimate of drug-likeness (QED) is 0.343. The van der Waals surface area contributed by atoms with Crippen LogP contribution >= 0.6 is 0 Å². The van der Waals surface area contributed by atoms with Crippen LogP contribution in [-0.4, -0.2) is 19.7 Å². The van der Waals surface area contributed by atoms with E-state index in [1.807, 2.05) is 24.3 Å². The van der Waals surface area contributed by atoms with Gasteiger partial charge >= 0.3 is 12.1 Å². The molecule has 0 aliphatic heterocycles. The molecule has 0 N–H and O–H groups in total. The number of aryl methyl sites for hydroxylation is 1. The van der Waals surface area contributed by atoms with Gasteiger partial charge in [0, 0.05) is 0 Å². The van der Waals surface area contributed by atoms with Crippen LogP contribution in [0.4, 0.5) is 13.2 Å². The molecule has 0 spiro atoms. The zero-order valence-electron chi connectivity index (χ0n) is 16.4. The molecule has 3 nitrogen and oxygen atoms in total. The van der Waals surface area contributed by atoms with Gasteiger partial charge in [0.1, 0.15) is 5.75 Å². The average molecular weight is 414 g/mol. The first-order valence-corrected chi connectivity index (χ1v) is 9.44. The highest BCUT2D eigenvalue weighted by Crippen LogP contribution is 2.31. The highest BCUT2D eigenvalue weighted by molar-refractivity contribution is 5.89. The Bertz CT molecular complexity index is 961. The highest BCUT2D eigenvalue weighted by atomic mass is 19.4. The lowest BCUT2D eigenvalue weighted by atomic mass is 10.0. The molecule has 3 aromatic rings. The molecule has 0 amide bonds. The van der Waals surface area contributed by atoms with E-state index >= 15 is 0 Å².